The van der Waals surface area contributed by atoms with Gasteiger partial charge in [-0.05, 0) is 77.0 Å². The Bertz CT molecular complexity index is 1180. The van der Waals surface area contributed by atoms with Gasteiger partial charge in [0.15, 0.2) is 6.10 Å². The molecule has 0 heterocycles. The zero-order valence-corrected chi connectivity index (χ0v) is 40.6. The maximum absolute atomic E-state index is 12.8. The number of ether oxygens (including phenoxy) is 3. The minimum Gasteiger partial charge on any atom is -0.462 e. The van der Waals surface area contributed by atoms with Crippen LogP contribution in [0.2, 0.25) is 0 Å². The highest BCUT2D eigenvalue weighted by Crippen LogP contribution is 2.15. The van der Waals surface area contributed by atoms with Crippen LogP contribution < -0.4 is 0 Å². The Kier molecular flexibility index (Phi) is 47.9. The van der Waals surface area contributed by atoms with Crippen molar-refractivity contribution in [3.63, 3.8) is 0 Å². The molecular formula is C56H96O6. The van der Waals surface area contributed by atoms with Crippen LogP contribution in [0, 0.1) is 0 Å². The van der Waals surface area contributed by atoms with Crippen LogP contribution in [0.4, 0.5) is 0 Å². The normalized spacial score (nSPS) is 12.6. The standard InChI is InChI=1S/C56H96O6/c1-4-7-10-13-16-19-22-24-26-27-28-29-30-32-34-37-40-43-46-49-55(58)61-52-53(51-60-54(57)48-45-42-39-36-33-21-18-15-12-9-6-3)62-56(59)50-47-44-41-38-35-31-25-23-20-17-14-11-8-5-2/h7,9-10,12,16,18-19,21,24,26,36,39,53H,4-6,8,11,13-15,17,20,22-23,25,27-35,37-38,40-52H2,1-3H3/b10-7-,12-9-,19-16-,21-18-,26-24-,39-36-. The zero-order chi connectivity index (χ0) is 45.1. The average Bonchev–Trinajstić information content (AvgIpc) is 3.27. The molecule has 6 heteroatoms. The molecule has 0 aliphatic rings. The second kappa shape index (κ2) is 50.5. The van der Waals surface area contributed by atoms with E-state index in [1.807, 2.05) is 0 Å². The van der Waals surface area contributed by atoms with Gasteiger partial charge in [0.25, 0.3) is 0 Å². The first-order valence-electron chi connectivity index (χ1n) is 25.9. The molecule has 6 nitrogen and oxygen atoms in total. The molecule has 0 radical (unpaired) electrons. The topological polar surface area (TPSA) is 78.9 Å². The van der Waals surface area contributed by atoms with Crippen molar-refractivity contribution < 1.29 is 28.6 Å². The van der Waals surface area contributed by atoms with Crippen LogP contribution in [0.3, 0.4) is 0 Å². The van der Waals surface area contributed by atoms with Crippen molar-refractivity contribution in [3.05, 3.63) is 72.9 Å². The van der Waals surface area contributed by atoms with Gasteiger partial charge in [-0.25, -0.2) is 0 Å². The summed E-state index contributed by atoms with van der Waals surface area (Å²) >= 11 is 0. The third-order valence-corrected chi connectivity index (χ3v) is 11.0. The Balaban J connectivity index is 4.37. The summed E-state index contributed by atoms with van der Waals surface area (Å²) in [5, 5.41) is 0. The highest BCUT2D eigenvalue weighted by Gasteiger charge is 2.19. The molecule has 62 heavy (non-hydrogen) atoms. The summed E-state index contributed by atoms with van der Waals surface area (Å²) in [7, 11) is 0. The van der Waals surface area contributed by atoms with E-state index in [1.54, 1.807) is 0 Å². The van der Waals surface area contributed by atoms with E-state index in [-0.39, 0.29) is 37.5 Å². The lowest BCUT2D eigenvalue weighted by Crippen LogP contribution is -2.30. The van der Waals surface area contributed by atoms with E-state index < -0.39 is 6.10 Å². The molecule has 1 unspecified atom stereocenters. The Hall–Kier alpha value is -3.15. The molecule has 0 aromatic rings. The van der Waals surface area contributed by atoms with E-state index >= 15 is 0 Å². The van der Waals surface area contributed by atoms with Gasteiger partial charge in [0, 0.05) is 19.3 Å². The van der Waals surface area contributed by atoms with Gasteiger partial charge < -0.3 is 14.2 Å². The van der Waals surface area contributed by atoms with Gasteiger partial charge in [0.05, 0.1) is 0 Å². The SMILES string of the molecule is CC/C=C\C/C=C\C/C=C\CCCCCCCCCCCC(=O)OCC(COC(=O)CCC/C=C\C/C=C\C/C=C\CC)OC(=O)CCCCCCCCCCCCCCCC. The quantitative estimate of drug-likeness (QED) is 0.0262. The van der Waals surface area contributed by atoms with Crippen LogP contribution in [-0.2, 0) is 28.6 Å². The molecule has 0 aromatic carbocycles. The van der Waals surface area contributed by atoms with Crippen molar-refractivity contribution in [2.75, 3.05) is 13.2 Å². The van der Waals surface area contributed by atoms with Crippen LogP contribution in [0.1, 0.15) is 245 Å². The maximum Gasteiger partial charge on any atom is 0.306 e. The molecule has 0 saturated carbocycles. The average molecular weight is 865 g/mol. The van der Waals surface area contributed by atoms with Gasteiger partial charge in [-0.15, -0.1) is 0 Å². The molecule has 0 fully saturated rings. The predicted octanol–water partition coefficient (Wildman–Crippen LogP) is 17.0. The summed E-state index contributed by atoms with van der Waals surface area (Å²) in [6.07, 6.45) is 63.3. The fourth-order valence-corrected chi connectivity index (χ4v) is 7.13. The molecule has 0 saturated heterocycles. The van der Waals surface area contributed by atoms with Crippen LogP contribution in [0.15, 0.2) is 72.9 Å². The summed E-state index contributed by atoms with van der Waals surface area (Å²) in [4.78, 5) is 37.9. The number of unbranched alkanes of at least 4 members (excludes halogenated alkanes) is 23. The first kappa shape index (κ1) is 58.9. The van der Waals surface area contributed by atoms with Gasteiger partial charge in [-0.2, -0.15) is 0 Å². The molecule has 356 valence electrons. The smallest absolute Gasteiger partial charge is 0.306 e. The Morgan fingerprint density at radius 1 is 0.339 bits per heavy atom. The number of carbonyl (C=O) groups is 3. The molecule has 0 N–H and O–H groups in total. The van der Waals surface area contributed by atoms with Crippen molar-refractivity contribution in [1.29, 1.82) is 0 Å². The number of carbonyl (C=O) groups excluding carboxylic acids is 3. The van der Waals surface area contributed by atoms with Crippen molar-refractivity contribution in [3.8, 4) is 0 Å². The summed E-state index contributed by atoms with van der Waals surface area (Å²) in [5.74, 6) is -0.950. The summed E-state index contributed by atoms with van der Waals surface area (Å²) in [6.45, 7) is 6.37. The van der Waals surface area contributed by atoms with E-state index in [1.165, 1.54) is 116 Å². The largest absolute Gasteiger partial charge is 0.462 e. The Morgan fingerprint density at radius 3 is 1.05 bits per heavy atom. The number of hydrogen-bond acceptors (Lipinski definition) is 6. The molecule has 0 aliphatic carbocycles. The molecule has 1 atom stereocenters. The third-order valence-electron chi connectivity index (χ3n) is 11.0. The number of hydrogen-bond donors (Lipinski definition) is 0. The second-order valence-corrected chi connectivity index (χ2v) is 17.0. The van der Waals surface area contributed by atoms with Gasteiger partial charge in [0.2, 0.25) is 0 Å². The van der Waals surface area contributed by atoms with Gasteiger partial charge in [-0.1, -0.05) is 222 Å². The van der Waals surface area contributed by atoms with Crippen LogP contribution in [-0.4, -0.2) is 37.2 Å². The van der Waals surface area contributed by atoms with E-state index in [9.17, 15) is 14.4 Å². The zero-order valence-electron chi connectivity index (χ0n) is 40.6. The number of allylic oxidation sites excluding steroid dienone is 12. The van der Waals surface area contributed by atoms with Crippen molar-refractivity contribution in [2.24, 2.45) is 0 Å². The highest BCUT2D eigenvalue weighted by molar-refractivity contribution is 5.71. The molecule has 0 amide bonds. The van der Waals surface area contributed by atoms with Crippen molar-refractivity contribution in [1.82, 2.24) is 0 Å². The van der Waals surface area contributed by atoms with E-state index in [0.29, 0.717) is 19.3 Å². The van der Waals surface area contributed by atoms with Crippen molar-refractivity contribution in [2.45, 2.75) is 252 Å². The monoisotopic (exact) mass is 865 g/mol. The predicted molar refractivity (Wildman–Crippen MR) is 265 cm³/mol. The first-order valence-corrected chi connectivity index (χ1v) is 25.9. The summed E-state index contributed by atoms with van der Waals surface area (Å²) in [6, 6.07) is 0. The molecule has 0 rings (SSSR count). The lowest BCUT2D eigenvalue weighted by molar-refractivity contribution is -0.167. The van der Waals surface area contributed by atoms with Gasteiger partial charge >= 0.3 is 17.9 Å². The van der Waals surface area contributed by atoms with E-state index in [2.05, 4.69) is 93.7 Å². The van der Waals surface area contributed by atoms with Crippen LogP contribution >= 0.6 is 0 Å². The lowest BCUT2D eigenvalue weighted by Gasteiger charge is -2.18. The minimum atomic E-state index is -0.794. The van der Waals surface area contributed by atoms with Crippen molar-refractivity contribution >= 4 is 17.9 Å². The fourth-order valence-electron chi connectivity index (χ4n) is 7.13. The maximum atomic E-state index is 12.8. The fraction of sp³-hybridized carbons (Fsp3) is 0.732. The molecule has 0 aromatic heterocycles. The Morgan fingerprint density at radius 2 is 0.645 bits per heavy atom. The van der Waals surface area contributed by atoms with Crippen LogP contribution in [0.25, 0.3) is 0 Å². The number of rotatable bonds is 46. The van der Waals surface area contributed by atoms with Gasteiger partial charge in [0.1, 0.15) is 13.2 Å². The van der Waals surface area contributed by atoms with E-state index in [0.717, 1.165) is 83.5 Å². The summed E-state index contributed by atoms with van der Waals surface area (Å²) in [5.41, 5.74) is 0. The second-order valence-electron chi connectivity index (χ2n) is 17.0. The van der Waals surface area contributed by atoms with Gasteiger partial charge in [-0.3, -0.25) is 14.4 Å². The lowest BCUT2D eigenvalue weighted by atomic mass is 10.0. The summed E-state index contributed by atoms with van der Waals surface area (Å²) < 4.78 is 16.7. The first-order chi connectivity index (χ1) is 30.5. The van der Waals surface area contributed by atoms with E-state index in [4.69, 9.17) is 14.2 Å². The minimum absolute atomic E-state index is 0.0924. The molecular weight excluding hydrogens is 769 g/mol. The third kappa shape index (κ3) is 47.9. The highest BCUT2D eigenvalue weighted by atomic mass is 16.6. The molecule has 0 spiro atoms. The molecule has 0 aliphatic heterocycles. The Labute approximate surface area is 382 Å². The van der Waals surface area contributed by atoms with Crippen LogP contribution in [0.5, 0.6) is 0 Å². The number of esters is 3. The molecule has 0 bridgehead atoms.